The van der Waals surface area contributed by atoms with Gasteiger partial charge in [-0.3, -0.25) is 4.79 Å². The molecule has 2 aromatic carbocycles. The van der Waals surface area contributed by atoms with Crippen LogP contribution in [-0.4, -0.2) is 54.7 Å². The number of likely N-dealkylation sites (tertiary alicyclic amines) is 1. The van der Waals surface area contributed by atoms with Crippen molar-refractivity contribution in [2.75, 3.05) is 38.1 Å². The van der Waals surface area contributed by atoms with Crippen molar-refractivity contribution in [1.82, 2.24) is 10.2 Å². The van der Waals surface area contributed by atoms with E-state index in [0.29, 0.717) is 24.8 Å². The molecule has 3 rings (SSSR count). The maximum atomic E-state index is 12.2. The van der Waals surface area contributed by atoms with Crippen molar-refractivity contribution >= 4 is 41.5 Å². The number of anilines is 1. The summed E-state index contributed by atoms with van der Waals surface area (Å²) in [5.41, 5.74) is 1.82. The van der Waals surface area contributed by atoms with Gasteiger partial charge < -0.3 is 25.4 Å². The highest BCUT2D eigenvalue weighted by Gasteiger charge is 2.25. The molecular formula is C23H31IN4O3. The highest BCUT2D eigenvalue weighted by Crippen LogP contribution is 2.18. The number of halogens is 1. The van der Waals surface area contributed by atoms with Gasteiger partial charge in [0.25, 0.3) is 0 Å². The molecule has 0 spiro atoms. The smallest absolute Gasteiger partial charge is 0.246 e. The summed E-state index contributed by atoms with van der Waals surface area (Å²) in [7, 11) is 0. The zero-order valence-corrected chi connectivity index (χ0v) is 20.1. The monoisotopic (exact) mass is 538 g/mol. The molecule has 1 fully saturated rings. The molecule has 1 amide bonds. The summed E-state index contributed by atoms with van der Waals surface area (Å²) in [6.07, 6.45) is 1.04. The van der Waals surface area contributed by atoms with Crippen LogP contribution < -0.4 is 10.6 Å². The van der Waals surface area contributed by atoms with Crippen LogP contribution in [0.5, 0.6) is 5.75 Å². The van der Waals surface area contributed by atoms with Crippen molar-refractivity contribution in [3.05, 3.63) is 60.2 Å². The quantitative estimate of drug-likeness (QED) is 0.208. The van der Waals surface area contributed by atoms with Gasteiger partial charge in [0.1, 0.15) is 12.3 Å². The average Bonchev–Trinajstić information content (AvgIpc) is 3.22. The Morgan fingerprint density at radius 3 is 2.65 bits per heavy atom. The second-order valence-electron chi connectivity index (χ2n) is 7.37. The van der Waals surface area contributed by atoms with Gasteiger partial charge in [-0.15, -0.1) is 24.0 Å². The van der Waals surface area contributed by atoms with Crippen LogP contribution in [0, 0.1) is 5.92 Å². The summed E-state index contributed by atoms with van der Waals surface area (Å²) < 4.78 is 5.90. The molecule has 0 aliphatic carbocycles. The highest BCUT2D eigenvalue weighted by molar-refractivity contribution is 14.0. The van der Waals surface area contributed by atoms with Crippen LogP contribution in [0.25, 0.3) is 0 Å². The van der Waals surface area contributed by atoms with Crippen molar-refractivity contribution in [3.63, 3.8) is 0 Å². The van der Waals surface area contributed by atoms with Gasteiger partial charge in [0.05, 0.1) is 13.2 Å². The Hall–Kier alpha value is -2.33. The zero-order valence-electron chi connectivity index (χ0n) is 17.8. The van der Waals surface area contributed by atoms with E-state index in [9.17, 15) is 9.90 Å². The van der Waals surface area contributed by atoms with E-state index in [4.69, 9.17) is 4.74 Å². The maximum Gasteiger partial charge on any atom is 0.246 e. The standard InChI is InChI=1S/C23H30N4O3.HI/c1-2-24-23(25-14-22(29)26-20-8-10-21(28)11-9-20)27-13-12-19(15-27)17-30-16-18-6-4-3-5-7-18;/h3-11,19,28H,2,12-17H2,1H3,(H,24,25)(H,26,29);1H. The summed E-state index contributed by atoms with van der Waals surface area (Å²) >= 11 is 0. The predicted octanol–water partition coefficient (Wildman–Crippen LogP) is 3.45. The number of guanidine groups is 1. The molecule has 0 saturated carbocycles. The Kier molecular flexibility index (Phi) is 10.6. The largest absolute Gasteiger partial charge is 0.508 e. The predicted molar refractivity (Wildman–Crippen MR) is 134 cm³/mol. The van der Waals surface area contributed by atoms with Gasteiger partial charge in [-0.1, -0.05) is 30.3 Å². The molecule has 1 aliphatic heterocycles. The van der Waals surface area contributed by atoms with E-state index in [-0.39, 0.29) is 42.2 Å². The number of aliphatic imine (C=N–C) groups is 1. The van der Waals surface area contributed by atoms with E-state index in [1.54, 1.807) is 12.1 Å². The SMILES string of the molecule is CCNC(=NCC(=O)Nc1ccc(O)cc1)N1CCC(COCc2ccccc2)C1.I. The maximum absolute atomic E-state index is 12.2. The number of amides is 1. The van der Waals surface area contributed by atoms with E-state index >= 15 is 0 Å². The topological polar surface area (TPSA) is 86.2 Å². The molecule has 3 N–H and O–H groups in total. The Morgan fingerprint density at radius 2 is 1.94 bits per heavy atom. The van der Waals surface area contributed by atoms with E-state index in [2.05, 4.69) is 32.7 Å². The molecule has 8 heteroatoms. The highest BCUT2D eigenvalue weighted by atomic mass is 127. The number of carbonyl (C=O) groups excluding carboxylic acids is 1. The third-order valence-electron chi connectivity index (χ3n) is 4.91. The van der Waals surface area contributed by atoms with Crippen molar-refractivity contribution < 1.29 is 14.6 Å². The van der Waals surface area contributed by atoms with Gasteiger partial charge in [-0.25, -0.2) is 4.99 Å². The third-order valence-corrected chi connectivity index (χ3v) is 4.91. The summed E-state index contributed by atoms with van der Waals surface area (Å²) in [4.78, 5) is 18.9. The number of rotatable bonds is 8. The Labute approximate surface area is 200 Å². The van der Waals surface area contributed by atoms with Crippen molar-refractivity contribution in [2.45, 2.75) is 20.0 Å². The number of nitrogens with zero attached hydrogens (tertiary/aromatic N) is 2. The normalized spacial score (nSPS) is 16.0. The molecular weight excluding hydrogens is 507 g/mol. The first-order valence-electron chi connectivity index (χ1n) is 10.4. The zero-order chi connectivity index (χ0) is 21.2. The fourth-order valence-electron chi connectivity index (χ4n) is 3.40. The molecule has 0 radical (unpaired) electrons. The van der Waals surface area contributed by atoms with Gasteiger partial charge in [-0.2, -0.15) is 0 Å². The lowest BCUT2D eigenvalue weighted by molar-refractivity contribution is -0.114. The molecule has 1 aliphatic rings. The number of hydrogen-bond donors (Lipinski definition) is 3. The summed E-state index contributed by atoms with van der Waals surface area (Å²) in [6.45, 7) is 5.89. The van der Waals surface area contributed by atoms with Crippen LogP contribution in [0.15, 0.2) is 59.6 Å². The number of carbonyl (C=O) groups is 1. The van der Waals surface area contributed by atoms with Crippen LogP contribution in [-0.2, 0) is 16.1 Å². The van der Waals surface area contributed by atoms with Gasteiger partial charge in [0.2, 0.25) is 5.91 Å². The molecule has 2 aromatic rings. The fraction of sp³-hybridized carbons (Fsp3) is 0.391. The van der Waals surface area contributed by atoms with Gasteiger partial charge in [-0.05, 0) is 43.2 Å². The second-order valence-corrected chi connectivity index (χ2v) is 7.37. The second kappa shape index (κ2) is 13.2. The Balaban J connectivity index is 0.00000341. The van der Waals surface area contributed by atoms with Crippen molar-refractivity contribution in [1.29, 1.82) is 0 Å². The lowest BCUT2D eigenvalue weighted by Crippen LogP contribution is -2.40. The minimum Gasteiger partial charge on any atom is -0.508 e. The molecule has 0 bridgehead atoms. The first-order chi connectivity index (χ1) is 14.6. The van der Waals surface area contributed by atoms with E-state index in [0.717, 1.165) is 32.0 Å². The van der Waals surface area contributed by atoms with Gasteiger partial charge in [0.15, 0.2) is 5.96 Å². The number of aromatic hydroxyl groups is 1. The number of ether oxygens (including phenoxy) is 1. The number of nitrogens with one attached hydrogen (secondary N) is 2. The molecule has 0 aromatic heterocycles. The van der Waals surface area contributed by atoms with Crippen molar-refractivity contribution in [2.24, 2.45) is 10.9 Å². The minimum absolute atomic E-state index is 0. The molecule has 168 valence electrons. The third kappa shape index (κ3) is 8.37. The minimum atomic E-state index is -0.196. The molecule has 1 heterocycles. The Morgan fingerprint density at radius 1 is 1.19 bits per heavy atom. The lowest BCUT2D eigenvalue weighted by atomic mass is 10.1. The molecule has 1 atom stereocenters. The van der Waals surface area contributed by atoms with E-state index in [1.165, 1.54) is 17.7 Å². The Bertz CT molecular complexity index is 830. The van der Waals surface area contributed by atoms with Crippen molar-refractivity contribution in [3.8, 4) is 5.75 Å². The molecule has 1 saturated heterocycles. The van der Waals surface area contributed by atoms with Gasteiger partial charge >= 0.3 is 0 Å². The molecule has 7 nitrogen and oxygen atoms in total. The summed E-state index contributed by atoms with van der Waals surface area (Å²) in [5, 5.41) is 15.4. The van der Waals surface area contributed by atoms with Crippen LogP contribution in [0.4, 0.5) is 5.69 Å². The van der Waals surface area contributed by atoms with Gasteiger partial charge in [0, 0.05) is 31.2 Å². The van der Waals surface area contributed by atoms with E-state index in [1.807, 2.05) is 25.1 Å². The number of phenols is 1. The fourth-order valence-corrected chi connectivity index (χ4v) is 3.40. The average molecular weight is 538 g/mol. The molecule has 31 heavy (non-hydrogen) atoms. The van der Waals surface area contributed by atoms with Crippen LogP contribution in [0.3, 0.4) is 0 Å². The summed E-state index contributed by atoms with van der Waals surface area (Å²) in [5.74, 6) is 1.17. The molecule has 1 unspecified atom stereocenters. The van der Waals surface area contributed by atoms with E-state index < -0.39 is 0 Å². The number of hydrogen-bond acceptors (Lipinski definition) is 4. The van der Waals surface area contributed by atoms with Crippen LogP contribution in [0.2, 0.25) is 0 Å². The van der Waals surface area contributed by atoms with Crippen LogP contribution in [0.1, 0.15) is 18.9 Å². The summed E-state index contributed by atoms with van der Waals surface area (Å²) in [6, 6.07) is 16.6. The first kappa shape index (κ1) is 24.9. The number of benzene rings is 2. The number of phenolic OH excluding ortho intramolecular Hbond substituents is 1. The van der Waals surface area contributed by atoms with Crippen LogP contribution >= 0.6 is 24.0 Å². The first-order valence-corrected chi connectivity index (χ1v) is 10.4. The lowest BCUT2D eigenvalue weighted by Gasteiger charge is -2.21.